The predicted octanol–water partition coefficient (Wildman–Crippen LogP) is 3.97. The number of pyridine rings is 1. The maximum Gasteiger partial charge on any atom is 0.404 e. The Morgan fingerprint density at radius 3 is 2.96 bits per heavy atom. The van der Waals surface area contributed by atoms with E-state index in [1.165, 1.54) is 6.07 Å². The van der Waals surface area contributed by atoms with Crippen molar-refractivity contribution in [1.82, 2.24) is 10.3 Å². The minimum Gasteiger partial charge on any atom is -0.465 e. The summed E-state index contributed by atoms with van der Waals surface area (Å²) < 4.78 is 13.3. The Hall–Kier alpha value is -2.54. The summed E-state index contributed by atoms with van der Waals surface area (Å²) in [5, 5.41) is 15.0. The summed E-state index contributed by atoms with van der Waals surface area (Å²) in [6.07, 6.45) is 3.26. The van der Waals surface area contributed by atoms with E-state index in [-0.39, 0.29) is 11.1 Å². The number of halogens is 2. The third-order valence-corrected chi connectivity index (χ3v) is 4.88. The molecule has 1 fully saturated rings. The summed E-state index contributed by atoms with van der Waals surface area (Å²) in [6.45, 7) is 4.01. The van der Waals surface area contributed by atoms with Gasteiger partial charge in [0.25, 0.3) is 0 Å². The lowest BCUT2D eigenvalue weighted by atomic mass is 9.95. The summed E-state index contributed by atoms with van der Waals surface area (Å²) in [6, 6.07) is 6.41. The van der Waals surface area contributed by atoms with E-state index in [1.807, 2.05) is 6.07 Å². The Bertz CT molecular complexity index is 820. The third kappa shape index (κ3) is 5.01. The molecule has 1 aliphatic rings. The van der Waals surface area contributed by atoms with E-state index in [0.717, 1.165) is 29.9 Å². The number of nitrogens with zero attached hydrogens (tertiary/aromatic N) is 2. The van der Waals surface area contributed by atoms with Gasteiger partial charge in [-0.25, -0.2) is 9.18 Å². The van der Waals surface area contributed by atoms with Crippen LogP contribution in [0.3, 0.4) is 0 Å². The van der Waals surface area contributed by atoms with Crippen LogP contribution in [0, 0.1) is 11.7 Å². The molecule has 8 heteroatoms. The number of hydrogen-bond donors (Lipinski definition) is 3. The molecule has 1 aromatic carbocycles. The number of piperidine rings is 1. The molecular weight excluding hydrogens is 371 g/mol. The first kappa shape index (κ1) is 19.2. The minimum atomic E-state index is -1.00. The molecule has 1 aliphatic heterocycles. The SMILES string of the molecule is C[C@@H]1C[C@H](NC(=O)O)CN(c2ccncc2NCc2ccc(F)c(Cl)c2)C1. The van der Waals surface area contributed by atoms with Gasteiger partial charge in [-0.15, -0.1) is 0 Å². The molecule has 0 spiro atoms. The van der Waals surface area contributed by atoms with Crippen LogP contribution in [0.5, 0.6) is 0 Å². The normalized spacial score (nSPS) is 19.6. The van der Waals surface area contributed by atoms with E-state index in [4.69, 9.17) is 16.7 Å². The average Bonchev–Trinajstić information content (AvgIpc) is 2.62. The lowest BCUT2D eigenvalue weighted by molar-refractivity contribution is 0.186. The first-order valence-electron chi connectivity index (χ1n) is 8.78. The van der Waals surface area contributed by atoms with Crippen molar-refractivity contribution >= 4 is 29.1 Å². The molecule has 3 N–H and O–H groups in total. The van der Waals surface area contributed by atoms with Crippen molar-refractivity contribution in [3.63, 3.8) is 0 Å². The van der Waals surface area contributed by atoms with Crippen LogP contribution in [0.4, 0.5) is 20.6 Å². The van der Waals surface area contributed by atoms with Crippen LogP contribution in [0.1, 0.15) is 18.9 Å². The molecule has 0 bridgehead atoms. The van der Waals surface area contributed by atoms with E-state index in [2.05, 4.69) is 27.4 Å². The molecule has 2 atom stereocenters. The Kier molecular flexibility index (Phi) is 6.01. The van der Waals surface area contributed by atoms with Gasteiger partial charge in [-0.05, 0) is 36.1 Å². The van der Waals surface area contributed by atoms with Crippen molar-refractivity contribution in [2.24, 2.45) is 5.92 Å². The molecule has 2 aromatic rings. The van der Waals surface area contributed by atoms with Crippen LogP contribution in [-0.4, -0.2) is 35.3 Å². The van der Waals surface area contributed by atoms with Crippen molar-refractivity contribution < 1.29 is 14.3 Å². The van der Waals surface area contributed by atoms with E-state index >= 15 is 0 Å². The zero-order valence-electron chi connectivity index (χ0n) is 15.0. The minimum absolute atomic E-state index is 0.0909. The monoisotopic (exact) mass is 392 g/mol. The summed E-state index contributed by atoms with van der Waals surface area (Å²) in [4.78, 5) is 17.4. The average molecular weight is 393 g/mol. The Balaban J connectivity index is 1.74. The molecule has 0 aliphatic carbocycles. The highest BCUT2D eigenvalue weighted by molar-refractivity contribution is 6.30. The van der Waals surface area contributed by atoms with E-state index < -0.39 is 11.9 Å². The molecule has 144 valence electrons. The second-order valence-corrected chi connectivity index (χ2v) is 7.29. The fourth-order valence-electron chi connectivity index (χ4n) is 3.47. The molecule has 0 saturated carbocycles. The van der Waals surface area contributed by atoms with Gasteiger partial charge in [0.2, 0.25) is 0 Å². The summed E-state index contributed by atoms with van der Waals surface area (Å²) in [5.74, 6) is -0.0886. The maximum absolute atomic E-state index is 13.3. The van der Waals surface area contributed by atoms with Crippen LogP contribution in [0.2, 0.25) is 5.02 Å². The van der Waals surface area contributed by atoms with Crippen LogP contribution < -0.4 is 15.5 Å². The highest BCUT2D eigenvalue weighted by Crippen LogP contribution is 2.30. The lowest BCUT2D eigenvalue weighted by Gasteiger charge is -2.38. The van der Waals surface area contributed by atoms with Gasteiger partial charge in [0.15, 0.2) is 0 Å². The molecule has 0 radical (unpaired) electrons. The second kappa shape index (κ2) is 8.43. The predicted molar refractivity (Wildman–Crippen MR) is 104 cm³/mol. The molecule has 2 heterocycles. The number of amides is 1. The Morgan fingerprint density at radius 1 is 1.41 bits per heavy atom. The van der Waals surface area contributed by atoms with E-state index in [1.54, 1.807) is 24.5 Å². The Morgan fingerprint density at radius 2 is 2.22 bits per heavy atom. The largest absolute Gasteiger partial charge is 0.465 e. The van der Waals surface area contributed by atoms with Gasteiger partial charge in [-0.3, -0.25) is 4.98 Å². The number of nitrogens with one attached hydrogen (secondary N) is 2. The Labute approximate surface area is 162 Å². The second-order valence-electron chi connectivity index (χ2n) is 6.89. The van der Waals surface area contributed by atoms with Crippen LogP contribution in [0.15, 0.2) is 36.7 Å². The maximum atomic E-state index is 13.3. The lowest BCUT2D eigenvalue weighted by Crippen LogP contribution is -2.50. The zero-order chi connectivity index (χ0) is 19.4. The molecule has 1 amide bonds. The number of benzene rings is 1. The smallest absolute Gasteiger partial charge is 0.404 e. The third-order valence-electron chi connectivity index (χ3n) is 4.59. The topological polar surface area (TPSA) is 77.5 Å². The molecule has 27 heavy (non-hydrogen) atoms. The number of hydrogen-bond acceptors (Lipinski definition) is 4. The first-order valence-corrected chi connectivity index (χ1v) is 9.16. The fraction of sp³-hybridized carbons (Fsp3) is 0.368. The van der Waals surface area contributed by atoms with Crippen molar-refractivity contribution in [2.75, 3.05) is 23.3 Å². The van der Waals surface area contributed by atoms with Gasteiger partial charge in [-0.1, -0.05) is 24.6 Å². The first-order chi connectivity index (χ1) is 12.9. The van der Waals surface area contributed by atoms with Gasteiger partial charge >= 0.3 is 6.09 Å². The number of aromatic nitrogens is 1. The zero-order valence-corrected chi connectivity index (χ0v) is 15.7. The molecular formula is C19H22ClFN4O2. The molecule has 3 rings (SSSR count). The van der Waals surface area contributed by atoms with Crippen LogP contribution in [0.25, 0.3) is 0 Å². The number of rotatable bonds is 5. The molecule has 1 saturated heterocycles. The molecule has 1 aromatic heterocycles. The molecule has 0 unspecified atom stereocenters. The van der Waals surface area contributed by atoms with Crippen molar-refractivity contribution in [2.45, 2.75) is 25.9 Å². The highest BCUT2D eigenvalue weighted by Gasteiger charge is 2.27. The number of carbonyl (C=O) groups is 1. The van der Waals surface area contributed by atoms with Crippen LogP contribution >= 0.6 is 11.6 Å². The van der Waals surface area contributed by atoms with Crippen LogP contribution in [-0.2, 0) is 6.54 Å². The summed E-state index contributed by atoms with van der Waals surface area (Å²) in [5.41, 5.74) is 2.65. The quantitative estimate of drug-likeness (QED) is 0.717. The van der Waals surface area contributed by atoms with Gasteiger partial charge in [0.1, 0.15) is 5.82 Å². The number of carboxylic acid groups (broad SMARTS) is 1. The molecule has 6 nitrogen and oxygen atoms in total. The van der Waals surface area contributed by atoms with Crippen molar-refractivity contribution in [1.29, 1.82) is 0 Å². The van der Waals surface area contributed by atoms with Crippen molar-refractivity contribution in [3.8, 4) is 0 Å². The van der Waals surface area contributed by atoms with E-state index in [0.29, 0.717) is 19.0 Å². The van der Waals surface area contributed by atoms with Crippen molar-refractivity contribution in [3.05, 3.63) is 53.1 Å². The van der Waals surface area contributed by atoms with Gasteiger partial charge in [-0.2, -0.15) is 0 Å². The highest BCUT2D eigenvalue weighted by atomic mass is 35.5. The van der Waals surface area contributed by atoms with Gasteiger partial charge in [0, 0.05) is 31.9 Å². The fourth-order valence-corrected chi connectivity index (χ4v) is 3.68. The van der Waals surface area contributed by atoms with Gasteiger partial charge in [0.05, 0.1) is 22.6 Å². The van der Waals surface area contributed by atoms with Gasteiger partial charge < -0.3 is 20.6 Å². The number of anilines is 2. The standard InChI is InChI=1S/C19H22ClFN4O2/c1-12-6-14(24-19(26)27)11-25(10-12)18-4-5-22-9-17(18)23-8-13-2-3-16(21)15(20)7-13/h2-5,7,9,12,14,23-24H,6,8,10-11H2,1H3,(H,26,27)/t12-,14+/m1/s1. The summed E-state index contributed by atoms with van der Waals surface area (Å²) in [7, 11) is 0. The van der Waals surface area contributed by atoms with E-state index in [9.17, 15) is 9.18 Å². The summed E-state index contributed by atoms with van der Waals surface area (Å²) >= 11 is 5.84.